The first kappa shape index (κ1) is 14.1. The number of nitrogen functional groups attached to an aromatic ring is 2. The van der Waals surface area contributed by atoms with E-state index >= 15 is 0 Å². The standard InChI is InChI=1S/C19H17FN2/c20-18-4-2-1-3-17(18)19(13-5-9-15(21)10-6-13)14-7-11-16(22)12-8-14/h1-12,19H,21-22H2. The molecule has 0 amide bonds. The Bertz CT molecular complexity index is 719. The Morgan fingerprint density at radius 1 is 0.636 bits per heavy atom. The van der Waals surface area contributed by atoms with E-state index in [2.05, 4.69) is 0 Å². The van der Waals surface area contributed by atoms with Crippen LogP contribution in [-0.4, -0.2) is 0 Å². The first-order valence-corrected chi connectivity index (χ1v) is 7.10. The van der Waals surface area contributed by atoms with Gasteiger partial charge in [-0.15, -0.1) is 0 Å². The fourth-order valence-electron chi connectivity index (χ4n) is 2.64. The Labute approximate surface area is 129 Å². The van der Waals surface area contributed by atoms with E-state index in [0.29, 0.717) is 16.9 Å². The van der Waals surface area contributed by atoms with Gasteiger partial charge in [-0.1, -0.05) is 42.5 Å². The van der Waals surface area contributed by atoms with Crippen LogP contribution in [0.5, 0.6) is 0 Å². The second kappa shape index (κ2) is 5.90. The van der Waals surface area contributed by atoms with Crippen molar-refractivity contribution in [1.82, 2.24) is 0 Å². The van der Waals surface area contributed by atoms with E-state index < -0.39 is 0 Å². The fraction of sp³-hybridized carbons (Fsp3) is 0.0526. The van der Waals surface area contributed by atoms with E-state index in [9.17, 15) is 4.39 Å². The van der Waals surface area contributed by atoms with Crippen molar-refractivity contribution in [3.05, 3.63) is 95.3 Å². The van der Waals surface area contributed by atoms with Crippen LogP contribution < -0.4 is 11.5 Å². The molecule has 0 aliphatic heterocycles. The van der Waals surface area contributed by atoms with E-state index in [1.165, 1.54) is 6.07 Å². The van der Waals surface area contributed by atoms with Gasteiger partial charge < -0.3 is 11.5 Å². The van der Waals surface area contributed by atoms with Crippen molar-refractivity contribution in [1.29, 1.82) is 0 Å². The van der Waals surface area contributed by atoms with Crippen molar-refractivity contribution < 1.29 is 4.39 Å². The molecule has 3 rings (SSSR count). The number of hydrogen-bond donors (Lipinski definition) is 2. The lowest BCUT2D eigenvalue weighted by Gasteiger charge is -2.20. The van der Waals surface area contributed by atoms with Gasteiger partial charge in [-0.25, -0.2) is 4.39 Å². The summed E-state index contributed by atoms with van der Waals surface area (Å²) in [4.78, 5) is 0. The molecule has 0 radical (unpaired) electrons. The van der Waals surface area contributed by atoms with Crippen molar-refractivity contribution >= 4 is 11.4 Å². The zero-order valence-electron chi connectivity index (χ0n) is 12.0. The Kier molecular flexibility index (Phi) is 3.79. The van der Waals surface area contributed by atoms with Gasteiger partial charge in [-0.2, -0.15) is 0 Å². The van der Waals surface area contributed by atoms with Crippen LogP contribution in [0.3, 0.4) is 0 Å². The van der Waals surface area contributed by atoms with E-state index in [4.69, 9.17) is 11.5 Å². The molecule has 2 nitrogen and oxygen atoms in total. The quantitative estimate of drug-likeness (QED) is 0.562. The van der Waals surface area contributed by atoms with E-state index in [1.807, 2.05) is 60.7 Å². The summed E-state index contributed by atoms with van der Waals surface area (Å²) >= 11 is 0. The van der Waals surface area contributed by atoms with E-state index in [-0.39, 0.29) is 11.7 Å². The summed E-state index contributed by atoms with van der Waals surface area (Å²) in [6.07, 6.45) is 0. The predicted molar refractivity (Wildman–Crippen MR) is 89.1 cm³/mol. The van der Waals surface area contributed by atoms with Crippen molar-refractivity contribution in [3.8, 4) is 0 Å². The highest BCUT2D eigenvalue weighted by Crippen LogP contribution is 2.34. The number of benzene rings is 3. The number of hydrogen-bond acceptors (Lipinski definition) is 2. The molecule has 3 heteroatoms. The second-order valence-corrected chi connectivity index (χ2v) is 5.29. The third-order valence-corrected chi connectivity index (χ3v) is 3.76. The molecule has 0 fully saturated rings. The topological polar surface area (TPSA) is 52.0 Å². The third-order valence-electron chi connectivity index (χ3n) is 3.76. The molecule has 0 aromatic heterocycles. The van der Waals surface area contributed by atoms with Crippen molar-refractivity contribution in [2.75, 3.05) is 11.5 Å². The van der Waals surface area contributed by atoms with Gasteiger partial charge in [-0.3, -0.25) is 0 Å². The Morgan fingerprint density at radius 2 is 1.09 bits per heavy atom. The molecule has 0 aliphatic rings. The van der Waals surface area contributed by atoms with Gasteiger partial charge in [0, 0.05) is 17.3 Å². The zero-order valence-corrected chi connectivity index (χ0v) is 12.0. The maximum atomic E-state index is 14.3. The molecule has 4 N–H and O–H groups in total. The Hall–Kier alpha value is -2.81. The summed E-state index contributed by atoms with van der Waals surface area (Å²) in [6.45, 7) is 0. The molecule has 0 heterocycles. The molecule has 3 aromatic rings. The maximum Gasteiger partial charge on any atom is 0.127 e. The zero-order chi connectivity index (χ0) is 15.5. The number of halogens is 1. The van der Waals surface area contributed by atoms with Crippen LogP contribution in [0, 0.1) is 5.82 Å². The highest BCUT2D eigenvalue weighted by atomic mass is 19.1. The normalized spacial score (nSPS) is 10.8. The summed E-state index contributed by atoms with van der Waals surface area (Å²) in [5.41, 5.74) is 15.5. The minimum absolute atomic E-state index is 0.192. The molecular formula is C19H17FN2. The van der Waals surface area contributed by atoms with Crippen LogP contribution in [0.2, 0.25) is 0 Å². The number of anilines is 2. The largest absolute Gasteiger partial charge is 0.399 e. The van der Waals surface area contributed by atoms with Gasteiger partial charge in [0.25, 0.3) is 0 Å². The summed E-state index contributed by atoms with van der Waals surface area (Å²) < 4.78 is 14.3. The number of nitrogens with two attached hydrogens (primary N) is 2. The molecule has 0 saturated heterocycles. The summed E-state index contributed by atoms with van der Waals surface area (Å²) in [6, 6.07) is 21.9. The smallest absolute Gasteiger partial charge is 0.127 e. The number of rotatable bonds is 3. The summed E-state index contributed by atoms with van der Waals surface area (Å²) in [7, 11) is 0. The van der Waals surface area contributed by atoms with Crippen LogP contribution >= 0.6 is 0 Å². The molecule has 0 unspecified atom stereocenters. The molecule has 3 aromatic carbocycles. The molecule has 0 aliphatic carbocycles. The van der Waals surface area contributed by atoms with Crippen molar-refractivity contribution in [2.45, 2.75) is 5.92 Å². The molecule has 0 bridgehead atoms. The first-order chi connectivity index (χ1) is 10.6. The van der Waals surface area contributed by atoms with Crippen LogP contribution in [-0.2, 0) is 0 Å². The third kappa shape index (κ3) is 2.79. The fourth-order valence-corrected chi connectivity index (χ4v) is 2.64. The SMILES string of the molecule is Nc1ccc(C(c2ccc(N)cc2)c2ccccc2F)cc1. The van der Waals surface area contributed by atoms with Crippen LogP contribution in [0.4, 0.5) is 15.8 Å². The van der Waals surface area contributed by atoms with E-state index in [1.54, 1.807) is 6.07 Å². The highest BCUT2D eigenvalue weighted by Gasteiger charge is 2.19. The monoisotopic (exact) mass is 292 g/mol. The molecule has 0 spiro atoms. The van der Waals surface area contributed by atoms with Gasteiger partial charge >= 0.3 is 0 Å². The molecular weight excluding hydrogens is 275 g/mol. The van der Waals surface area contributed by atoms with Crippen molar-refractivity contribution in [2.24, 2.45) is 0 Å². The molecule has 110 valence electrons. The average Bonchev–Trinajstić information content (AvgIpc) is 2.53. The average molecular weight is 292 g/mol. The lowest BCUT2D eigenvalue weighted by molar-refractivity contribution is 0.607. The highest BCUT2D eigenvalue weighted by molar-refractivity contribution is 5.50. The maximum absolute atomic E-state index is 14.3. The van der Waals surface area contributed by atoms with Crippen LogP contribution in [0.1, 0.15) is 22.6 Å². The lowest BCUT2D eigenvalue weighted by Crippen LogP contribution is -2.06. The first-order valence-electron chi connectivity index (χ1n) is 7.10. The van der Waals surface area contributed by atoms with Gasteiger partial charge in [0.1, 0.15) is 5.82 Å². The van der Waals surface area contributed by atoms with Crippen LogP contribution in [0.15, 0.2) is 72.8 Å². The van der Waals surface area contributed by atoms with Gasteiger partial charge in [0.15, 0.2) is 0 Å². The second-order valence-electron chi connectivity index (χ2n) is 5.29. The van der Waals surface area contributed by atoms with Crippen LogP contribution in [0.25, 0.3) is 0 Å². The van der Waals surface area contributed by atoms with Gasteiger partial charge in [0.05, 0.1) is 0 Å². The Balaban J connectivity index is 2.16. The predicted octanol–water partition coefficient (Wildman–Crippen LogP) is 4.17. The summed E-state index contributed by atoms with van der Waals surface area (Å²) in [5.74, 6) is -0.413. The minimum Gasteiger partial charge on any atom is -0.399 e. The molecule has 0 atom stereocenters. The molecule has 0 saturated carbocycles. The minimum atomic E-state index is -0.221. The van der Waals surface area contributed by atoms with Gasteiger partial charge in [0.2, 0.25) is 0 Å². The van der Waals surface area contributed by atoms with Crippen molar-refractivity contribution in [3.63, 3.8) is 0 Å². The Morgan fingerprint density at radius 3 is 1.55 bits per heavy atom. The van der Waals surface area contributed by atoms with E-state index in [0.717, 1.165) is 11.1 Å². The lowest BCUT2D eigenvalue weighted by atomic mass is 9.85. The summed E-state index contributed by atoms with van der Waals surface area (Å²) in [5, 5.41) is 0. The molecule has 22 heavy (non-hydrogen) atoms. The van der Waals surface area contributed by atoms with Gasteiger partial charge in [-0.05, 0) is 47.0 Å².